The molecule has 10 heteroatoms. The monoisotopic (exact) mass is 357 g/mol. The first-order valence-electron chi connectivity index (χ1n) is 7.37. The number of carboxylic acids is 1. The van der Waals surface area contributed by atoms with Crippen LogP contribution in [0.5, 0.6) is 0 Å². The van der Waals surface area contributed by atoms with Gasteiger partial charge in [-0.1, -0.05) is 0 Å². The molecule has 3 rings (SSSR count). The largest absolute Gasteiger partial charge is 0.481 e. The van der Waals surface area contributed by atoms with Crippen molar-refractivity contribution in [3.8, 4) is 11.1 Å². The third-order valence-corrected chi connectivity index (χ3v) is 4.10. The molecule has 0 bridgehead atoms. The predicted octanol–water partition coefficient (Wildman–Crippen LogP) is 2.37. The standard InChI is InChI=1S/C16H11N3O7/c20-15-12(16(21)22)6-9-5-11(14(19(25)26)7-13(9)17-15)8-1-3-10(4-2-8)18(23)24/h1-5,7,12H,6H2,(H,17,20)(H,21,22). The van der Waals surface area contributed by atoms with E-state index in [1.54, 1.807) is 0 Å². The van der Waals surface area contributed by atoms with E-state index in [2.05, 4.69) is 5.32 Å². The van der Waals surface area contributed by atoms with Gasteiger partial charge in [0.05, 0.1) is 21.1 Å². The van der Waals surface area contributed by atoms with Gasteiger partial charge in [0.1, 0.15) is 5.92 Å². The van der Waals surface area contributed by atoms with Gasteiger partial charge in [0.25, 0.3) is 11.4 Å². The van der Waals surface area contributed by atoms with Crippen molar-refractivity contribution in [3.05, 3.63) is 62.2 Å². The van der Waals surface area contributed by atoms with Gasteiger partial charge >= 0.3 is 5.97 Å². The molecule has 132 valence electrons. The Bertz CT molecular complexity index is 953. The molecule has 2 aromatic carbocycles. The zero-order chi connectivity index (χ0) is 19.0. The summed E-state index contributed by atoms with van der Waals surface area (Å²) in [5.41, 5.74) is 0.720. The normalized spacial score (nSPS) is 15.7. The lowest BCUT2D eigenvalue weighted by atomic mass is 9.90. The Kier molecular flexibility index (Phi) is 4.08. The summed E-state index contributed by atoms with van der Waals surface area (Å²) < 4.78 is 0. The van der Waals surface area contributed by atoms with Gasteiger partial charge in [-0.15, -0.1) is 0 Å². The molecule has 1 aliphatic rings. The molecular weight excluding hydrogens is 346 g/mol. The summed E-state index contributed by atoms with van der Waals surface area (Å²) in [4.78, 5) is 43.9. The highest BCUT2D eigenvalue weighted by Gasteiger charge is 2.34. The fourth-order valence-corrected chi connectivity index (χ4v) is 2.80. The second-order valence-corrected chi connectivity index (χ2v) is 5.67. The summed E-state index contributed by atoms with van der Waals surface area (Å²) in [6.07, 6.45) is -0.103. The number of amides is 1. The summed E-state index contributed by atoms with van der Waals surface area (Å²) in [5, 5.41) is 33.6. The lowest BCUT2D eigenvalue weighted by Gasteiger charge is -2.22. The molecule has 0 saturated carbocycles. The number of fused-ring (bicyclic) bond motifs is 1. The number of hydrogen-bond donors (Lipinski definition) is 2. The summed E-state index contributed by atoms with van der Waals surface area (Å²) >= 11 is 0. The highest BCUT2D eigenvalue weighted by Crippen LogP contribution is 2.38. The molecule has 1 heterocycles. The van der Waals surface area contributed by atoms with Crippen LogP contribution >= 0.6 is 0 Å². The Balaban J connectivity index is 2.12. The van der Waals surface area contributed by atoms with Crippen molar-refractivity contribution in [2.45, 2.75) is 6.42 Å². The first kappa shape index (κ1) is 17.0. The number of non-ortho nitro benzene ring substituents is 1. The number of aliphatic carboxylic acids is 1. The summed E-state index contributed by atoms with van der Waals surface area (Å²) in [6.45, 7) is 0. The minimum absolute atomic E-state index is 0.103. The van der Waals surface area contributed by atoms with E-state index in [1.807, 2.05) is 0 Å². The van der Waals surface area contributed by atoms with Crippen LogP contribution in [0.1, 0.15) is 5.56 Å². The number of anilines is 1. The molecule has 0 saturated heterocycles. The van der Waals surface area contributed by atoms with E-state index in [0.717, 1.165) is 0 Å². The van der Waals surface area contributed by atoms with Crippen LogP contribution in [0.2, 0.25) is 0 Å². The maximum Gasteiger partial charge on any atom is 0.316 e. The van der Waals surface area contributed by atoms with E-state index in [4.69, 9.17) is 5.11 Å². The molecule has 2 aromatic rings. The fraction of sp³-hybridized carbons (Fsp3) is 0.125. The van der Waals surface area contributed by atoms with Crippen molar-refractivity contribution in [2.75, 3.05) is 5.32 Å². The SMILES string of the molecule is O=C(O)C1Cc2cc(-c3ccc([N+](=O)[O-])cc3)c([N+](=O)[O-])cc2NC1=O. The molecule has 1 unspecified atom stereocenters. The number of carbonyl (C=O) groups excluding carboxylic acids is 1. The molecule has 2 N–H and O–H groups in total. The van der Waals surface area contributed by atoms with Crippen molar-refractivity contribution < 1.29 is 24.5 Å². The van der Waals surface area contributed by atoms with Crippen molar-refractivity contribution in [1.29, 1.82) is 0 Å². The maximum absolute atomic E-state index is 11.8. The number of nitro groups is 2. The quantitative estimate of drug-likeness (QED) is 0.484. The van der Waals surface area contributed by atoms with Crippen LogP contribution in [-0.4, -0.2) is 26.8 Å². The smallest absolute Gasteiger partial charge is 0.316 e. The van der Waals surface area contributed by atoms with E-state index < -0.39 is 27.6 Å². The van der Waals surface area contributed by atoms with Gasteiger partial charge in [-0.05, 0) is 35.7 Å². The molecule has 1 amide bonds. The summed E-state index contributed by atoms with van der Waals surface area (Å²) in [5.74, 6) is -3.31. The van der Waals surface area contributed by atoms with Gasteiger partial charge in [0.2, 0.25) is 5.91 Å². The average Bonchev–Trinajstić information content (AvgIpc) is 2.59. The Labute approximate surface area is 145 Å². The number of carboxylic acid groups (broad SMARTS) is 1. The molecular formula is C16H11N3O7. The van der Waals surface area contributed by atoms with Crippen molar-refractivity contribution in [3.63, 3.8) is 0 Å². The third kappa shape index (κ3) is 2.95. The predicted molar refractivity (Wildman–Crippen MR) is 88.6 cm³/mol. The van der Waals surface area contributed by atoms with Gasteiger partial charge < -0.3 is 10.4 Å². The van der Waals surface area contributed by atoms with Crippen LogP contribution in [-0.2, 0) is 16.0 Å². The maximum atomic E-state index is 11.8. The van der Waals surface area contributed by atoms with Crippen molar-refractivity contribution in [1.82, 2.24) is 0 Å². The van der Waals surface area contributed by atoms with Crippen molar-refractivity contribution >= 4 is 28.9 Å². The second kappa shape index (κ2) is 6.24. The number of hydrogen-bond acceptors (Lipinski definition) is 6. The molecule has 26 heavy (non-hydrogen) atoms. The van der Waals surface area contributed by atoms with Crippen LogP contribution in [0.3, 0.4) is 0 Å². The minimum Gasteiger partial charge on any atom is -0.481 e. The lowest BCUT2D eigenvalue weighted by molar-refractivity contribution is -0.385. The highest BCUT2D eigenvalue weighted by atomic mass is 16.6. The van der Waals surface area contributed by atoms with Crippen LogP contribution in [0.25, 0.3) is 11.1 Å². The molecule has 10 nitrogen and oxygen atoms in total. The number of rotatable bonds is 4. The lowest BCUT2D eigenvalue weighted by Crippen LogP contribution is -2.35. The number of nitrogens with one attached hydrogen (secondary N) is 1. The van der Waals surface area contributed by atoms with Gasteiger partial charge in [-0.3, -0.25) is 29.8 Å². The minimum atomic E-state index is -1.29. The first-order valence-corrected chi connectivity index (χ1v) is 7.37. The van der Waals surface area contributed by atoms with E-state index >= 15 is 0 Å². The van der Waals surface area contributed by atoms with E-state index in [-0.39, 0.29) is 29.0 Å². The highest BCUT2D eigenvalue weighted by molar-refractivity contribution is 6.07. The van der Waals surface area contributed by atoms with Crippen LogP contribution < -0.4 is 5.32 Å². The molecule has 0 spiro atoms. The number of carbonyl (C=O) groups is 2. The fourth-order valence-electron chi connectivity index (χ4n) is 2.80. The van der Waals surface area contributed by atoms with Crippen LogP contribution in [0.4, 0.5) is 17.1 Å². The Hall–Kier alpha value is -3.82. The van der Waals surface area contributed by atoms with E-state index in [9.17, 15) is 29.8 Å². The topological polar surface area (TPSA) is 153 Å². The van der Waals surface area contributed by atoms with Gasteiger partial charge in [0.15, 0.2) is 0 Å². The zero-order valence-corrected chi connectivity index (χ0v) is 13.0. The first-order chi connectivity index (χ1) is 12.3. The molecule has 0 aliphatic carbocycles. The summed E-state index contributed by atoms with van der Waals surface area (Å²) in [6, 6.07) is 7.80. The molecule has 0 aromatic heterocycles. The van der Waals surface area contributed by atoms with Crippen LogP contribution in [0, 0.1) is 26.1 Å². The van der Waals surface area contributed by atoms with Gasteiger partial charge in [-0.2, -0.15) is 0 Å². The summed E-state index contributed by atoms with van der Waals surface area (Å²) in [7, 11) is 0. The van der Waals surface area contributed by atoms with E-state index in [0.29, 0.717) is 11.1 Å². The molecule has 1 aliphatic heterocycles. The zero-order valence-electron chi connectivity index (χ0n) is 13.0. The third-order valence-electron chi connectivity index (χ3n) is 4.10. The average molecular weight is 357 g/mol. The van der Waals surface area contributed by atoms with Gasteiger partial charge in [-0.25, -0.2) is 0 Å². The van der Waals surface area contributed by atoms with E-state index in [1.165, 1.54) is 36.4 Å². The second-order valence-electron chi connectivity index (χ2n) is 5.67. The Morgan fingerprint density at radius 1 is 1.12 bits per heavy atom. The molecule has 0 fully saturated rings. The Morgan fingerprint density at radius 3 is 2.31 bits per heavy atom. The number of benzene rings is 2. The van der Waals surface area contributed by atoms with Gasteiger partial charge in [0, 0.05) is 18.2 Å². The van der Waals surface area contributed by atoms with Crippen molar-refractivity contribution in [2.24, 2.45) is 5.92 Å². The Morgan fingerprint density at radius 2 is 1.77 bits per heavy atom. The number of nitro benzene ring substituents is 2. The number of nitrogens with zero attached hydrogens (tertiary/aromatic N) is 2. The molecule has 1 atom stereocenters. The van der Waals surface area contributed by atoms with Crippen LogP contribution in [0.15, 0.2) is 36.4 Å². The molecule has 0 radical (unpaired) electrons.